The zero-order valence-corrected chi connectivity index (χ0v) is 18.6. The lowest BCUT2D eigenvalue weighted by atomic mass is 10.0. The predicted molar refractivity (Wildman–Crippen MR) is 123 cm³/mol. The fourth-order valence-electron chi connectivity index (χ4n) is 2.84. The van der Waals surface area contributed by atoms with E-state index in [2.05, 4.69) is 17.2 Å². The van der Waals surface area contributed by atoms with Crippen LogP contribution in [0.1, 0.15) is 47.2 Å². The highest BCUT2D eigenvalue weighted by molar-refractivity contribution is 7.85. The van der Waals surface area contributed by atoms with Gasteiger partial charge in [-0.25, -0.2) is 0 Å². The lowest BCUT2D eigenvalue weighted by molar-refractivity contribution is -0.119. The lowest BCUT2D eigenvalue weighted by Gasteiger charge is -2.07. The number of thiocarbonyl (C=S) groups is 1. The van der Waals surface area contributed by atoms with Crippen molar-refractivity contribution in [1.82, 2.24) is 0 Å². The molecule has 0 spiro atoms. The second-order valence-corrected chi connectivity index (χ2v) is 8.76. The Labute approximate surface area is 187 Å². The van der Waals surface area contributed by atoms with Gasteiger partial charge in [-0.15, -0.1) is 0 Å². The van der Waals surface area contributed by atoms with Crippen LogP contribution >= 0.6 is 12.2 Å². The normalized spacial score (nSPS) is 10.9. The Morgan fingerprint density at radius 1 is 0.968 bits per heavy atom. The largest absolute Gasteiger partial charge is 0.493 e. The molecule has 0 aromatic heterocycles. The molecule has 0 bridgehead atoms. The molecule has 0 saturated heterocycles. The highest BCUT2D eigenvalue weighted by Gasteiger charge is 2.10. The topological polar surface area (TPSA) is 97.7 Å². The molecule has 0 aliphatic carbocycles. The third-order valence-corrected chi connectivity index (χ3v) is 5.48. The van der Waals surface area contributed by atoms with Crippen molar-refractivity contribution in [3.63, 3.8) is 0 Å². The molecular formula is C23H24O6S2. The number of rotatable bonds is 13. The molecule has 31 heavy (non-hydrogen) atoms. The average Bonchev–Trinajstić information content (AvgIpc) is 2.75. The van der Waals surface area contributed by atoms with E-state index in [1.807, 2.05) is 12.1 Å². The molecule has 0 saturated carbocycles. The van der Waals surface area contributed by atoms with Crippen LogP contribution in [0.3, 0.4) is 0 Å². The van der Waals surface area contributed by atoms with Crippen molar-refractivity contribution in [3.8, 4) is 5.75 Å². The van der Waals surface area contributed by atoms with Crippen molar-refractivity contribution in [3.05, 3.63) is 71.3 Å². The minimum absolute atomic E-state index is 0.0355. The standard InChI is InChI=1S/C23H24O6S2/c24-21(5-1-2-17-31(26,27)28)14-15-29-22-12-10-20(11-13-22)23(25)19-8-6-18(7-9-19)4-3-16-30/h3,6-13H,1-2,4-5,14-15,17H2,(H,26,27,28). The number of benzene rings is 2. The molecule has 0 amide bonds. The van der Waals surface area contributed by atoms with Gasteiger partial charge in [-0.1, -0.05) is 29.3 Å². The summed E-state index contributed by atoms with van der Waals surface area (Å²) >= 11 is 4.65. The van der Waals surface area contributed by atoms with Crippen molar-refractivity contribution < 1.29 is 27.3 Å². The summed E-state index contributed by atoms with van der Waals surface area (Å²) in [7, 11) is -3.98. The van der Waals surface area contributed by atoms with E-state index in [1.54, 1.807) is 42.5 Å². The van der Waals surface area contributed by atoms with Crippen LogP contribution in [0.2, 0.25) is 0 Å². The Hall–Kier alpha value is -2.64. The lowest BCUT2D eigenvalue weighted by Crippen LogP contribution is -2.08. The third-order valence-electron chi connectivity index (χ3n) is 4.51. The first-order chi connectivity index (χ1) is 14.8. The summed E-state index contributed by atoms with van der Waals surface area (Å²) in [6.45, 7) is 0.196. The molecular weight excluding hydrogens is 436 g/mol. The van der Waals surface area contributed by atoms with Gasteiger partial charge in [0.25, 0.3) is 10.1 Å². The van der Waals surface area contributed by atoms with Gasteiger partial charge in [-0.05, 0) is 67.4 Å². The number of allylic oxidation sites excluding steroid dienone is 1. The van der Waals surface area contributed by atoms with Crippen molar-refractivity contribution in [2.75, 3.05) is 12.4 Å². The molecule has 0 unspecified atom stereocenters. The van der Waals surface area contributed by atoms with Gasteiger partial charge in [-0.3, -0.25) is 14.1 Å². The van der Waals surface area contributed by atoms with Crippen LogP contribution in [0.25, 0.3) is 0 Å². The van der Waals surface area contributed by atoms with Crippen LogP contribution in [0, 0.1) is 0 Å². The van der Waals surface area contributed by atoms with Crippen LogP contribution in [0.15, 0.2) is 54.6 Å². The molecule has 0 radical (unpaired) electrons. The van der Waals surface area contributed by atoms with Crippen molar-refractivity contribution in [1.29, 1.82) is 0 Å². The zero-order valence-electron chi connectivity index (χ0n) is 17.0. The van der Waals surface area contributed by atoms with E-state index in [4.69, 9.17) is 9.29 Å². The highest BCUT2D eigenvalue weighted by atomic mass is 32.2. The second kappa shape index (κ2) is 12.3. The summed E-state index contributed by atoms with van der Waals surface area (Å²) in [5.41, 5.74) is 2.17. The van der Waals surface area contributed by atoms with E-state index < -0.39 is 10.1 Å². The monoisotopic (exact) mass is 460 g/mol. The maximum Gasteiger partial charge on any atom is 0.264 e. The Balaban J connectivity index is 1.78. The van der Waals surface area contributed by atoms with Crippen LogP contribution in [0.4, 0.5) is 0 Å². The Morgan fingerprint density at radius 3 is 2.16 bits per heavy atom. The van der Waals surface area contributed by atoms with Gasteiger partial charge in [0.1, 0.15) is 11.5 Å². The summed E-state index contributed by atoms with van der Waals surface area (Å²) < 4.78 is 35.4. The Morgan fingerprint density at radius 2 is 1.58 bits per heavy atom. The number of carbonyl (C=O) groups excluding carboxylic acids is 2. The zero-order chi connectivity index (χ0) is 22.7. The summed E-state index contributed by atoms with van der Waals surface area (Å²) in [5, 5.41) is 2.55. The van der Waals surface area contributed by atoms with Crippen molar-refractivity contribution in [2.24, 2.45) is 0 Å². The molecule has 164 valence electrons. The molecule has 0 aliphatic rings. The van der Waals surface area contributed by atoms with E-state index >= 15 is 0 Å². The van der Waals surface area contributed by atoms with Crippen molar-refractivity contribution >= 4 is 38.9 Å². The predicted octanol–water partition coefficient (Wildman–Crippen LogP) is 4.01. The first kappa shape index (κ1) is 24.6. The molecule has 0 fully saturated rings. The fourth-order valence-corrected chi connectivity index (χ4v) is 3.49. The number of Topliss-reactive ketones (excluding diaryl/α,β-unsaturated/α-hetero) is 1. The van der Waals surface area contributed by atoms with E-state index in [9.17, 15) is 18.0 Å². The first-order valence-electron chi connectivity index (χ1n) is 9.81. The molecule has 6 nitrogen and oxygen atoms in total. The summed E-state index contributed by atoms with van der Waals surface area (Å²) in [6, 6.07) is 14.0. The third kappa shape index (κ3) is 9.36. The van der Waals surface area contributed by atoms with Gasteiger partial charge in [-0.2, -0.15) is 8.42 Å². The maximum absolute atomic E-state index is 12.6. The number of unbranched alkanes of at least 4 members (excludes halogenated alkanes) is 1. The van der Waals surface area contributed by atoms with Crippen LogP contribution < -0.4 is 4.74 Å². The van der Waals surface area contributed by atoms with Crippen LogP contribution in [-0.2, 0) is 21.3 Å². The molecule has 8 heteroatoms. The molecule has 0 aliphatic heterocycles. The quantitative estimate of drug-likeness (QED) is 0.209. The summed E-state index contributed by atoms with van der Waals surface area (Å²) in [4.78, 5) is 24.4. The Kier molecular flexibility index (Phi) is 9.75. The molecule has 2 rings (SSSR count). The van der Waals surface area contributed by atoms with E-state index in [-0.39, 0.29) is 43.2 Å². The van der Waals surface area contributed by atoms with E-state index in [1.165, 1.54) is 0 Å². The molecule has 1 N–H and O–H groups in total. The number of carbonyl (C=O) groups is 2. The average molecular weight is 461 g/mol. The van der Waals surface area contributed by atoms with Gasteiger partial charge in [0.15, 0.2) is 5.78 Å². The van der Waals surface area contributed by atoms with Crippen molar-refractivity contribution in [2.45, 2.75) is 32.1 Å². The van der Waals surface area contributed by atoms with Gasteiger partial charge in [0, 0.05) is 24.0 Å². The molecule has 0 atom stereocenters. The first-order valence-corrected chi connectivity index (χ1v) is 11.8. The van der Waals surface area contributed by atoms with Gasteiger partial charge >= 0.3 is 0 Å². The number of ether oxygens (including phenoxy) is 1. The van der Waals surface area contributed by atoms with Crippen LogP contribution in [-0.4, -0.2) is 41.9 Å². The molecule has 0 heterocycles. The van der Waals surface area contributed by atoms with Gasteiger partial charge in [0.2, 0.25) is 0 Å². The summed E-state index contributed by atoms with van der Waals surface area (Å²) in [6.07, 6.45) is 3.52. The smallest absolute Gasteiger partial charge is 0.264 e. The van der Waals surface area contributed by atoms with E-state index in [0.29, 0.717) is 29.7 Å². The van der Waals surface area contributed by atoms with E-state index in [0.717, 1.165) is 5.56 Å². The fraction of sp³-hybridized carbons (Fsp3) is 0.304. The minimum Gasteiger partial charge on any atom is -0.493 e. The van der Waals surface area contributed by atoms with Gasteiger partial charge in [0.05, 0.1) is 12.4 Å². The number of hydrogen-bond donors (Lipinski definition) is 1. The molecule has 2 aromatic rings. The van der Waals surface area contributed by atoms with Crippen LogP contribution in [0.5, 0.6) is 5.75 Å². The second-order valence-electron chi connectivity index (χ2n) is 6.96. The number of hydrogen-bond acceptors (Lipinski definition) is 6. The highest BCUT2D eigenvalue weighted by Crippen LogP contribution is 2.17. The Bertz CT molecular complexity index is 1030. The number of ketones is 2. The maximum atomic E-state index is 12.6. The van der Waals surface area contributed by atoms with Gasteiger partial charge < -0.3 is 4.74 Å². The SMILES string of the molecule is O=C(CCCCS(=O)(=O)O)CCOc1ccc(C(=O)c2ccc(CC=C=S)cc2)cc1. The summed E-state index contributed by atoms with van der Waals surface area (Å²) in [5.74, 6) is 0.0881. The molecule has 2 aromatic carbocycles. The minimum atomic E-state index is -3.98.